The van der Waals surface area contributed by atoms with Crippen molar-refractivity contribution in [2.45, 2.75) is 31.1 Å². The first kappa shape index (κ1) is 24.0. The van der Waals surface area contributed by atoms with Gasteiger partial charge in [-0.25, -0.2) is 13.2 Å². The number of benzene rings is 1. The second kappa shape index (κ2) is 10.8. The fourth-order valence-electron chi connectivity index (χ4n) is 3.25. The molecule has 2 aromatic rings. The average molecular weight is 464 g/mol. The van der Waals surface area contributed by atoms with Crippen LogP contribution in [-0.4, -0.2) is 69.0 Å². The van der Waals surface area contributed by atoms with E-state index in [0.29, 0.717) is 32.1 Å². The molecule has 9 nitrogen and oxygen atoms in total. The Balaban J connectivity index is 1.43. The minimum atomic E-state index is -3.72. The van der Waals surface area contributed by atoms with Crippen molar-refractivity contribution in [3.63, 3.8) is 0 Å². The van der Waals surface area contributed by atoms with Crippen molar-refractivity contribution in [2.24, 2.45) is 0 Å². The van der Waals surface area contributed by atoms with E-state index in [2.05, 4.69) is 36.3 Å². The van der Waals surface area contributed by atoms with E-state index in [1.165, 1.54) is 22.1 Å². The van der Waals surface area contributed by atoms with Crippen molar-refractivity contribution >= 4 is 21.9 Å². The molecule has 10 heteroatoms. The number of nitrogens with one attached hydrogen (secondary N) is 2. The Kier molecular flexibility index (Phi) is 8.05. The molecule has 1 fully saturated rings. The Morgan fingerprint density at radius 1 is 1.19 bits per heavy atom. The number of ether oxygens (including phenoxy) is 2. The molecule has 32 heavy (non-hydrogen) atoms. The minimum Gasteiger partial charge on any atom is -0.451 e. The van der Waals surface area contributed by atoms with Gasteiger partial charge in [-0.15, -0.1) is 0 Å². The average Bonchev–Trinajstić information content (AvgIpc) is 3.30. The molecule has 1 aliphatic rings. The molecule has 1 aliphatic heterocycles. The van der Waals surface area contributed by atoms with E-state index in [1.54, 1.807) is 0 Å². The number of hydrogen-bond acceptors (Lipinski definition) is 6. The number of H-pyrrole nitrogens is 1. The van der Waals surface area contributed by atoms with E-state index in [0.717, 1.165) is 5.56 Å². The quantitative estimate of drug-likeness (QED) is 0.547. The van der Waals surface area contributed by atoms with Gasteiger partial charge in [-0.05, 0) is 29.5 Å². The summed E-state index contributed by atoms with van der Waals surface area (Å²) in [5, 5.41) is 2.71. The molecular weight excluding hydrogens is 434 g/mol. The van der Waals surface area contributed by atoms with Gasteiger partial charge in [0.25, 0.3) is 5.91 Å². The molecule has 2 N–H and O–H groups in total. The van der Waals surface area contributed by atoms with Crippen LogP contribution in [0.3, 0.4) is 0 Å². The number of hydrogen-bond donors (Lipinski definition) is 2. The van der Waals surface area contributed by atoms with E-state index in [-0.39, 0.29) is 23.7 Å². The van der Waals surface area contributed by atoms with Crippen LogP contribution in [0.1, 0.15) is 41.4 Å². The van der Waals surface area contributed by atoms with Gasteiger partial charge in [-0.3, -0.25) is 4.79 Å². The van der Waals surface area contributed by atoms with Crippen LogP contribution < -0.4 is 5.32 Å². The Hall–Kier alpha value is -2.69. The van der Waals surface area contributed by atoms with Crippen molar-refractivity contribution in [3.8, 4) is 0 Å². The topological polar surface area (TPSA) is 118 Å². The van der Waals surface area contributed by atoms with Gasteiger partial charge in [-0.1, -0.05) is 38.1 Å². The van der Waals surface area contributed by atoms with Crippen LogP contribution in [-0.2, 0) is 30.7 Å². The summed E-state index contributed by atoms with van der Waals surface area (Å²) >= 11 is 0. The van der Waals surface area contributed by atoms with Gasteiger partial charge in [-0.2, -0.15) is 4.31 Å². The lowest BCUT2D eigenvalue weighted by atomic mass is 10.0. The lowest BCUT2D eigenvalue weighted by Gasteiger charge is -2.25. The third-order valence-electron chi connectivity index (χ3n) is 5.20. The molecule has 0 spiro atoms. The molecule has 1 aromatic heterocycles. The number of sulfonamides is 1. The summed E-state index contributed by atoms with van der Waals surface area (Å²) < 4.78 is 36.7. The summed E-state index contributed by atoms with van der Waals surface area (Å²) in [6.45, 7) is 5.41. The highest BCUT2D eigenvalue weighted by molar-refractivity contribution is 7.89. The van der Waals surface area contributed by atoms with Gasteiger partial charge < -0.3 is 19.8 Å². The largest absolute Gasteiger partial charge is 0.451 e. The van der Waals surface area contributed by atoms with Crippen LogP contribution >= 0.6 is 0 Å². The predicted octanol–water partition coefficient (Wildman–Crippen LogP) is 1.67. The summed E-state index contributed by atoms with van der Waals surface area (Å²) in [4.78, 5) is 26.7. The Labute approximate surface area is 188 Å². The number of carbonyl (C=O) groups is 2. The molecule has 0 atom stereocenters. The fourth-order valence-corrected chi connectivity index (χ4v) is 4.66. The third-order valence-corrected chi connectivity index (χ3v) is 7.08. The molecular formula is C22H29N3O6S. The smallest absolute Gasteiger partial charge is 0.355 e. The normalized spacial score (nSPS) is 15.0. The van der Waals surface area contributed by atoms with Gasteiger partial charge in [0, 0.05) is 25.8 Å². The zero-order valence-corrected chi connectivity index (χ0v) is 19.1. The molecule has 0 aliphatic carbocycles. The van der Waals surface area contributed by atoms with Crippen molar-refractivity contribution in [2.75, 3.05) is 39.5 Å². The number of esters is 1. The van der Waals surface area contributed by atoms with Crippen LogP contribution in [0.15, 0.2) is 41.4 Å². The highest BCUT2D eigenvalue weighted by Crippen LogP contribution is 2.18. The molecule has 2 heterocycles. The van der Waals surface area contributed by atoms with Crippen LogP contribution in [0.5, 0.6) is 0 Å². The van der Waals surface area contributed by atoms with Crippen LogP contribution in [0, 0.1) is 0 Å². The van der Waals surface area contributed by atoms with Gasteiger partial charge in [0.2, 0.25) is 10.0 Å². The van der Waals surface area contributed by atoms with Crippen molar-refractivity contribution in [1.29, 1.82) is 0 Å². The molecule has 174 valence electrons. The zero-order valence-electron chi connectivity index (χ0n) is 18.3. The maximum atomic E-state index is 12.6. The summed E-state index contributed by atoms with van der Waals surface area (Å²) in [5.41, 5.74) is 2.33. The molecule has 1 saturated heterocycles. The zero-order chi connectivity index (χ0) is 23.1. The summed E-state index contributed by atoms with van der Waals surface area (Å²) in [7, 11) is -3.72. The van der Waals surface area contributed by atoms with Gasteiger partial charge in [0.05, 0.1) is 13.2 Å². The monoisotopic (exact) mass is 463 g/mol. The standard InChI is InChI=1S/C22H29N3O6S/c1-16(2)18-5-3-17(4-6-18)7-8-23-21(26)15-31-22(27)20-13-19(14-24-20)32(28,29)25-9-11-30-12-10-25/h3-6,13-14,16,24H,7-12,15H2,1-2H3,(H,23,26). The predicted molar refractivity (Wildman–Crippen MR) is 118 cm³/mol. The minimum absolute atomic E-state index is 0.0284. The van der Waals surface area contributed by atoms with Crippen LogP contribution in [0.4, 0.5) is 0 Å². The Bertz CT molecular complexity index is 1020. The summed E-state index contributed by atoms with van der Waals surface area (Å²) in [6.07, 6.45) is 1.91. The highest BCUT2D eigenvalue weighted by atomic mass is 32.2. The number of rotatable bonds is 9. The number of carbonyl (C=O) groups excluding carboxylic acids is 2. The second-order valence-corrected chi connectivity index (χ2v) is 9.78. The summed E-state index contributed by atoms with van der Waals surface area (Å²) in [6, 6.07) is 9.44. The molecule has 0 saturated carbocycles. The maximum Gasteiger partial charge on any atom is 0.355 e. The molecule has 0 bridgehead atoms. The second-order valence-electron chi connectivity index (χ2n) is 7.84. The molecule has 0 unspecified atom stereocenters. The van der Waals surface area contributed by atoms with E-state index >= 15 is 0 Å². The number of amides is 1. The van der Waals surface area contributed by atoms with Crippen LogP contribution in [0.25, 0.3) is 0 Å². The number of nitrogens with zero attached hydrogens (tertiary/aromatic N) is 1. The SMILES string of the molecule is CC(C)c1ccc(CCNC(=O)COC(=O)c2cc(S(=O)(=O)N3CCOCC3)c[nH]2)cc1. The first-order chi connectivity index (χ1) is 15.3. The maximum absolute atomic E-state index is 12.6. The number of aromatic nitrogens is 1. The molecule has 0 radical (unpaired) electrons. The van der Waals surface area contributed by atoms with Gasteiger partial charge >= 0.3 is 5.97 Å². The highest BCUT2D eigenvalue weighted by Gasteiger charge is 2.28. The van der Waals surface area contributed by atoms with Crippen molar-refractivity contribution in [3.05, 3.63) is 53.3 Å². The van der Waals surface area contributed by atoms with Crippen LogP contribution in [0.2, 0.25) is 0 Å². The molecule has 3 rings (SSSR count). The van der Waals surface area contributed by atoms with E-state index in [1.807, 2.05) is 12.1 Å². The fraction of sp³-hybridized carbons (Fsp3) is 0.455. The first-order valence-corrected chi connectivity index (χ1v) is 12.0. The molecule has 1 aromatic carbocycles. The Morgan fingerprint density at radius 3 is 2.53 bits per heavy atom. The van der Waals surface area contributed by atoms with E-state index in [9.17, 15) is 18.0 Å². The van der Waals surface area contributed by atoms with Gasteiger partial charge in [0.1, 0.15) is 10.6 Å². The molecule has 1 amide bonds. The lowest BCUT2D eigenvalue weighted by Crippen LogP contribution is -2.40. The van der Waals surface area contributed by atoms with E-state index < -0.39 is 28.5 Å². The Morgan fingerprint density at radius 2 is 1.88 bits per heavy atom. The summed E-state index contributed by atoms with van der Waals surface area (Å²) in [5.74, 6) is -0.758. The van der Waals surface area contributed by atoms with Gasteiger partial charge in [0.15, 0.2) is 6.61 Å². The van der Waals surface area contributed by atoms with Crippen molar-refractivity contribution in [1.82, 2.24) is 14.6 Å². The van der Waals surface area contributed by atoms with Crippen molar-refractivity contribution < 1.29 is 27.5 Å². The number of aromatic amines is 1. The number of morpholine rings is 1. The first-order valence-electron chi connectivity index (χ1n) is 10.6. The lowest BCUT2D eigenvalue weighted by molar-refractivity contribution is -0.124. The third kappa shape index (κ3) is 6.18. The van der Waals surface area contributed by atoms with E-state index in [4.69, 9.17) is 9.47 Å².